The van der Waals surface area contributed by atoms with Gasteiger partial charge in [-0.2, -0.15) is 0 Å². The molecule has 16 heavy (non-hydrogen) atoms. The van der Waals surface area contributed by atoms with Crippen molar-refractivity contribution >= 4 is 17.7 Å². The maximum atomic E-state index is 11.6. The molecule has 92 valence electrons. The normalized spacial score (nSPS) is 13.0. The van der Waals surface area contributed by atoms with Crippen LogP contribution in [0.2, 0.25) is 0 Å². The molecule has 0 radical (unpaired) electrons. The van der Waals surface area contributed by atoms with Gasteiger partial charge in [0, 0.05) is 18.8 Å². The molecule has 0 bridgehead atoms. The lowest BCUT2D eigenvalue weighted by molar-refractivity contribution is -0.142. The van der Waals surface area contributed by atoms with E-state index in [2.05, 4.69) is 5.32 Å². The molecule has 0 aliphatic carbocycles. The van der Waals surface area contributed by atoms with E-state index in [4.69, 9.17) is 5.11 Å². The summed E-state index contributed by atoms with van der Waals surface area (Å²) in [5.74, 6) is -1.53. The van der Waals surface area contributed by atoms with E-state index in [1.165, 1.54) is 6.92 Å². The van der Waals surface area contributed by atoms with Gasteiger partial charge in [0.25, 0.3) is 0 Å². The highest BCUT2D eigenvalue weighted by molar-refractivity contribution is 5.85. The monoisotopic (exact) mass is 229 g/mol. The number of Topliss-reactive ketones (excluding diaryl/α,β-unsaturated/α-hetero) is 1. The fourth-order valence-corrected chi connectivity index (χ4v) is 1.15. The van der Waals surface area contributed by atoms with Crippen LogP contribution in [0.5, 0.6) is 0 Å². The van der Waals surface area contributed by atoms with Crippen LogP contribution >= 0.6 is 0 Å². The molecule has 0 fully saturated rings. The third-order valence-electron chi connectivity index (χ3n) is 2.17. The van der Waals surface area contributed by atoms with Crippen molar-refractivity contribution in [2.24, 2.45) is 5.41 Å². The van der Waals surface area contributed by atoms with Crippen LogP contribution in [0.4, 0.5) is 0 Å². The number of carboxylic acid groups (broad SMARTS) is 1. The Morgan fingerprint density at radius 1 is 1.25 bits per heavy atom. The molecule has 1 atom stereocenters. The number of carbonyl (C=O) groups excluding carboxylic acids is 2. The fraction of sp³-hybridized carbons (Fsp3) is 0.727. The summed E-state index contributed by atoms with van der Waals surface area (Å²) < 4.78 is 0. The Morgan fingerprint density at radius 3 is 2.06 bits per heavy atom. The Balaban J connectivity index is 4.28. The van der Waals surface area contributed by atoms with E-state index >= 15 is 0 Å². The highest BCUT2D eigenvalue weighted by Gasteiger charge is 2.24. The second kappa shape index (κ2) is 5.63. The number of carbonyl (C=O) groups is 3. The highest BCUT2D eigenvalue weighted by atomic mass is 16.4. The largest absolute Gasteiger partial charge is 0.480 e. The van der Waals surface area contributed by atoms with Crippen molar-refractivity contribution in [1.29, 1.82) is 0 Å². The summed E-state index contributed by atoms with van der Waals surface area (Å²) in [4.78, 5) is 33.1. The second-order valence-electron chi connectivity index (χ2n) is 4.80. The van der Waals surface area contributed by atoms with Crippen LogP contribution in [0.3, 0.4) is 0 Å². The lowest BCUT2D eigenvalue weighted by atomic mass is 9.87. The van der Waals surface area contributed by atoms with Gasteiger partial charge < -0.3 is 10.4 Å². The zero-order valence-electron chi connectivity index (χ0n) is 10.2. The average molecular weight is 229 g/mol. The predicted molar refractivity (Wildman–Crippen MR) is 58.9 cm³/mol. The summed E-state index contributed by atoms with van der Waals surface area (Å²) in [6.07, 6.45) is 0.283. The van der Waals surface area contributed by atoms with Crippen molar-refractivity contribution in [3.05, 3.63) is 0 Å². The number of nitrogens with one attached hydrogen (secondary N) is 1. The molecule has 0 spiro atoms. The minimum absolute atomic E-state index is 0.0101. The minimum Gasteiger partial charge on any atom is -0.480 e. The number of ketones is 1. The summed E-state index contributed by atoms with van der Waals surface area (Å²) in [6, 6.07) is -0.983. The van der Waals surface area contributed by atoms with E-state index in [1.807, 2.05) is 0 Å². The van der Waals surface area contributed by atoms with Crippen LogP contribution in [-0.2, 0) is 14.4 Å². The van der Waals surface area contributed by atoms with Crippen molar-refractivity contribution in [1.82, 2.24) is 5.32 Å². The first kappa shape index (κ1) is 14.6. The average Bonchev–Trinajstić information content (AvgIpc) is 2.08. The van der Waals surface area contributed by atoms with Gasteiger partial charge in [-0.1, -0.05) is 20.8 Å². The van der Waals surface area contributed by atoms with Crippen LogP contribution < -0.4 is 5.32 Å². The predicted octanol–water partition coefficient (Wildman–Crippen LogP) is 0.971. The molecule has 2 N–H and O–H groups in total. The molecule has 5 nitrogen and oxygen atoms in total. The van der Waals surface area contributed by atoms with E-state index in [9.17, 15) is 14.4 Å². The SMILES string of the molecule is CC(=O)N[C@@H](CCC(=O)C(C)(C)C)C(=O)O. The summed E-state index contributed by atoms with van der Waals surface area (Å²) in [5, 5.41) is 11.1. The number of aliphatic carboxylic acids is 1. The van der Waals surface area contributed by atoms with Crippen LogP contribution in [0.15, 0.2) is 0 Å². The van der Waals surface area contributed by atoms with Gasteiger partial charge in [-0.25, -0.2) is 4.79 Å². The molecule has 0 aliphatic rings. The third kappa shape index (κ3) is 5.48. The maximum absolute atomic E-state index is 11.6. The van der Waals surface area contributed by atoms with Gasteiger partial charge in [-0.15, -0.1) is 0 Å². The number of rotatable bonds is 5. The van der Waals surface area contributed by atoms with E-state index in [0.29, 0.717) is 0 Å². The first-order valence-corrected chi connectivity index (χ1v) is 5.18. The molecule has 5 heteroatoms. The molecule has 0 saturated carbocycles. The second-order valence-corrected chi connectivity index (χ2v) is 4.80. The van der Waals surface area contributed by atoms with Gasteiger partial charge in [0.2, 0.25) is 5.91 Å². The molecular weight excluding hydrogens is 210 g/mol. The van der Waals surface area contributed by atoms with Gasteiger partial charge in [0.1, 0.15) is 11.8 Å². The molecule has 1 amide bonds. The quantitative estimate of drug-likeness (QED) is 0.735. The van der Waals surface area contributed by atoms with E-state index < -0.39 is 23.3 Å². The van der Waals surface area contributed by atoms with Crippen LogP contribution in [0.25, 0.3) is 0 Å². The maximum Gasteiger partial charge on any atom is 0.326 e. The fourth-order valence-electron chi connectivity index (χ4n) is 1.15. The topological polar surface area (TPSA) is 83.5 Å². The van der Waals surface area contributed by atoms with Crippen molar-refractivity contribution < 1.29 is 19.5 Å². The van der Waals surface area contributed by atoms with E-state index in [0.717, 1.165) is 0 Å². The van der Waals surface area contributed by atoms with Crippen molar-refractivity contribution in [3.63, 3.8) is 0 Å². The lowest BCUT2D eigenvalue weighted by Crippen LogP contribution is -2.40. The highest BCUT2D eigenvalue weighted by Crippen LogP contribution is 2.18. The first-order chi connectivity index (χ1) is 7.14. The first-order valence-electron chi connectivity index (χ1n) is 5.18. The minimum atomic E-state index is -1.11. The molecule has 0 rings (SSSR count). The van der Waals surface area contributed by atoms with Crippen LogP contribution in [0.1, 0.15) is 40.5 Å². The van der Waals surface area contributed by atoms with Gasteiger partial charge in [-0.3, -0.25) is 9.59 Å². The standard InChI is InChI=1S/C11H19NO4/c1-7(13)12-8(10(15)16)5-6-9(14)11(2,3)4/h8H,5-6H2,1-4H3,(H,12,13)(H,15,16)/t8-/m0/s1. The van der Waals surface area contributed by atoms with Gasteiger partial charge in [0.15, 0.2) is 0 Å². The Bertz CT molecular complexity index is 291. The summed E-state index contributed by atoms with van der Waals surface area (Å²) in [7, 11) is 0. The molecule has 0 unspecified atom stereocenters. The molecular formula is C11H19NO4. The number of hydrogen-bond donors (Lipinski definition) is 2. The van der Waals surface area contributed by atoms with Crippen molar-refractivity contribution in [2.45, 2.75) is 46.6 Å². The molecule has 0 aromatic heterocycles. The Hall–Kier alpha value is -1.39. The smallest absolute Gasteiger partial charge is 0.326 e. The lowest BCUT2D eigenvalue weighted by Gasteiger charge is -2.18. The number of amides is 1. The Kier molecular flexibility index (Phi) is 5.14. The van der Waals surface area contributed by atoms with E-state index in [-0.39, 0.29) is 18.6 Å². The Morgan fingerprint density at radius 2 is 1.75 bits per heavy atom. The number of hydrogen-bond acceptors (Lipinski definition) is 3. The summed E-state index contributed by atoms with van der Waals surface area (Å²) >= 11 is 0. The van der Waals surface area contributed by atoms with Crippen LogP contribution in [-0.4, -0.2) is 28.8 Å². The third-order valence-corrected chi connectivity index (χ3v) is 2.17. The van der Waals surface area contributed by atoms with Crippen molar-refractivity contribution in [3.8, 4) is 0 Å². The van der Waals surface area contributed by atoms with E-state index in [1.54, 1.807) is 20.8 Å². The Labute approximate surface area is 95.2 Å². The molecule has 0 heterocycles. The zero-order chi connectivity index (χ0) is 12.9. The van der Waals surface area contributed by atoms with Crippen molar-refractivity contribution in [2.75, 3.05) is 0 Å². The van der Waals surface area contributed by atoms with Crippen LogP contribution in [0, 0.1) is 5.41 Å². The zero-order valence-corrected chi connectivity index (χ0v) is 10.2. The summed E-state index contributed by atoms with van der Waals surface area (Å²) in [5.41, 5.74) is -0.473. The molecule has 0 aromatic carbocycles. The molecule has 0 saturated heterocycles. The van der Waals surface area contributed by atoms with Gasteiger partial charge >= 0.3 is 5.97 Å². The van der Waals surface area contributed by atoms with Gasteiger partial charge in [0.05, 0.1) is 0 Å². The summed E-state index contributed by atoms with van der Waals surface area (Å²) in [6.45, 7) is 6.60. The number of carboxylic acids is 1. The molecule has 0 aromatic rings. The van der Waals surface area contributed by atoms with Gasteiger partial charge in [-0.05, 0) is 6.42 Å². The molecule has 0 aliphatic heterocycles.